The molecule has 1 spiro atoms. The maximum Gasteiger partial charge on any atom is 1.00 e. The molecule has 0 saturated carbocycles. The largest absolute Gasteiger partial charge is 1.00 e. The molecular formula is C21H5Br4NNa2O5S. The predicted octanol–water partition coefficient (Wildman–Crippen LogP) is 0.194. The van der Waals surface area contributed by atoms with Crippen molar-refractivity contribution >= 4 is 92.8 Å². The fourth-order valence-electron chi connectivity index (χ4n) is 3.92. The van der Waals surface area contributed by atoms with Gasteiger partial charge in [0.2, 0.25) is 0 Å². The standard InChI is InChI=1S/C21H7Br4NO5S.2Na/c22-12-4-10-18(14(24)16(12)27)30-19-11(5-13(23)17(28)15(19)25)21(10)9-2-1-7(26-6-32)3-8(9)20(29)31-21;;/h1-5,27-28H;;/q;2*+1/p-2. The number of rotatable bonds is 1. The molecule has 6 nitrogen and oxygen atoms in total. The Labute approximate surface area is 276 Å². The molecule has 0 unspecified atom stereocenters. The van der Waals surface area contributed by atoms with Gasteiger partial charge in [0, 0.05) is 25.6 Å². The van der Waals surface area contributed by atoms with Gasteiger partial charge in [0.05, 0.1) is 25.4 Å². The number of thiocarbonyl (C=S) groups is 1. The quantitative estimate of drug-likeness (QED) is 0.153. The molecule has 2 aliphatic rings. The van der Waals surface area contributed by atoms with Gasteiger partial charge in [-0.05, 0) is 68.3 Å². The fourth-order valence-corrected chi connectivity index (χ4v) is 6.43. The van der Waals surface area contributed by atoms with Crippen molar-refractivity contribution in [2.24, 2.45) is 4.99 Å². The molecule has 0 bridgehead atoms. The Bertz CT molecular complexity index is 1380. The molecule has 0 fully saturated rings. The van der Waals surface area contributed by atoms with Gasteiger partial charge >= 0.3 is 65.1 Å². The molecule has 160 valence electrons. The SMILES string of the molecule is O=C1OC2(c3ccc(N=C=S)cc31)c1cc(Br)c([O-])c(Br)c1Oc1c2cc(Br)c([O-])c1Br.[Na+].[Na+]. The van der Waals surface area contributed by atoms with Crippen molar-refractivity contribution in [3.8, 4) is 23.0 Å². The van der Waals surface area contributed by atoms with Crippen LogP contribution in [0, 0.1) is 0 Å². The van der Waals surface area contributed by atoms with Crippen LogP contribution in [0.25, 0.3) is 0 Å². The number of nitrogens with zero attached hydrogens (tertiary/aromatic N) is 1. The van der Waals surface area contributed by atoms with Crippen LogP contribution >= 0.6 is 75.9 Å². The Morgan fingerprint density at radius 1 is 0.882 bits per heavy atom. The zero-order valence-electron chi connectivity index (χ0n) is 17.3. The Kier molecular flexibility index (Phi) is 8.94. The zero-order chi connectivity index (χ0) is 22.9. The van der Waals surface area contributed by atoms with Crippen LogP contribution in [0.2, 0.25) is 0 Å². The third-order valence-electron chi connectivity index (χ3n) is 5.25. The molecule has 3 aromatic carbocycles. The van der Waals surface area contributed by atoms with E-state index in [1.165, 1.54) is 0 Å². The summed E-state index contributed by atoms with van der Waals surface area (Å²) in [7, 11) is 0. The molecule has 0 aromatic heterocycles. The Hall–Kier alpha value is 0.250. The number of ether oxygens (including phenoxy) is 2. The summed E-state index contributed by atoms with van der Waals surface area (Å²) < 4.78 is 12.8. The van der Waals surface area contributed by atoms with Crippen molar-refractivity contribution in [1.82, 2.24) is 0 Å². The number of esters is 1. The van der Waals surface area contributed by atoms with Crippen molar-refractivity contribution in [1.29, 1.82) is 0 Å². The van der Waals surface area contributed by atoms with Crippen molar-refractivity contribution < 1.29 is 83.6 Å². The van der Waals surface area contributed by atoms with Gasteiger partial charge in [0.15, 0.2) is 5.60 Å². The molecule has 34 heavy (non-hydrogen) atoms. The first-order valence-electron chi connectivity index (χ1n) is 8.73. The number of hydrogen-bond donors (Lipinski definition) is 0. The summed E-state index contributed by atoms with van der Waals surface area (Å²) in [5, 5.41) is 27.5. The van der Waals surface area contributed by atoms with E-state index in [1.807, 2.05) is 0 Å². The first-order chi connectivity index (χ1) is 15.2. The maximum atomic E-state index is 13.1. The minimum absolute atomic E-state index is 0. The van der Waals surface area contributed by atoms with E-state index in [2.05, 4.69) is 86.1 Å². The van der Waals surface area contributed by atoms with Gasteiger partial charge in [-0.2, -0.15) is 4.99 Å². The van der Waals surface area contributed by atoms with Crippen LogP contribution in [0.3, 0.4) is 0 Å². The van der Waals surface area contributed by atoms with Crippen molar-refractivity contribution in [2.45, 2.75) is 5.60 Å². The van der Waals surface area contributed by atoms with Crippen molar-refractivity contribution in [2.75, 3.05) is 0 Å². The van der Waals surface area contributed by atoms with Gasteiger partial charge in [0.25, 0.3) is 0 Å². The van der Waals surface area contributed by atoms with Crippen LogP contribution in [0.1, 0.15) is 27.0 Å². The fraction of sp³-hybridized carbons (Fsp3) is 0.0476. The molecule has 3 aromatic rings. The van der Waals surface area contributed by atoms with Crippen molar-refractivity contribution in [3.05, 3.63) is 70.5 Å². The second-order valence-electron chi connectivity index (χ2n) is 6.86. The minimum Gasteiger partial charge on any atom is -0.871 e. The van der Waals surface area contributed by atoms with Crippen LogP contribution < -0.4 is 74.1 Å². The van der Waals surface area contributed by atoms with Crippen LogP contribution in [0.4, 0.5) is 5.69 Å². The summed E-state index contributed by atoms with van der Waals surface area (Å²) in [6.45, 7) is 0. The molecular weight excluding hydrogens is 744 g/mol. The summed E-state index contributed by atoms with van der Waals surface area (Å²) >= 11 is 17.8. The van der Waals surface area contributed by atoms with Gasteiger partial charge in [-0.15, -0.1) is 0 Å². The first-order valence-corrected chi connectivity index (χ1v) is 12.3. The molecule has 0 radical (unpaired) electrons. The van der Waals surface area contributed by atoms with Gasteiger partial charge in [-0.25, -0.2) is 4.79 Å². The second kappa shape index (κ2) is 10.6. The van der Waals surface area contributed by atoms with Gasteiger partial charge in [-0.1, -0.05) is 49.4 Å². The summed E-state index contributed by atoms with van der Waals surface area (Å²) in [5.41, 5.74) is 0.568. The van der Waals surface area contributed by atoms with E-state index in [0.29, 0.717) is 22.4 Å². The van der Waals surface area contributed by atoms with Crippen LogP contribution in [0.15, 0.2) is 53.2 Å². The van der Waals surface area contributed by atoms with E-state index in [1.54, 1.807) is 30.3 Å². The number of aliphatic imine (C=N–C) groups is 1. The molecule has 0 atom stereocenters. The number of fused-ring (bicyclic) bond motifs is 6. The van der Waals surface area contributed by atoms with E-state index in [-0.39, 0.29) is 106 Å². The van der Waals surface area contributed by atoms with Gasteiger partial charge in [-0.3, -0.25) is 0 Å². The maximum absolute atomic E-state index is 13.1. The third kappa shape index (κ3) is 4.14. The molecule has 0 N–H and O–H groups in total. The normalized spacial score (nSPS) is 13.8. The molecule has 2 aliphatic heterocycles. The molecule has 0 aliphatic carbocycles. The summed E-state index contributed by atoms with van der Waals surface area (Å²) in [5.74, 6) is -1.01. The smallest absolute Gasteiger partial charge is 0.871 e. The second-order valence-corrected chi connectivity index (χ2v) is 10.3. The predicted molar refractivity (Wildman–Crippen MR) is 129 cm³/mol. The number of carbonyl (C=O) groups is 1. The van der Waals surface area contributed by atoms with Crippen LogP contribution in [-0.4, -0.2) is 11.1 Å². The van der Waals surface area contributed by atoms with E-state index < -0.39 is 11.6 Å². The number of halogens is 4. The Balaban J connectivity index is 0.00000162. The summed E-state index contributed by atoms with van der Waals surface area (Å²) in [6.07, 6.45) is 0. The molecule has 13 heteroatoms. The average Bonchev–Trinajstić information content (AvgIpc) is 3.05. The third-order valence-corrected chi connectivity index (χ3v) is 7.96. The Morgan fingerprint density at radius 2 is 1.41 bits per heavy atom. The summed E-state index contributed by atoms with van der Waals surface area (Å²) in [4.78, 5) is 17.0. The first kappa shape index (κ1) is 28.8. The van der Waals surface area contributed by atoms with Crippen molar-refractivity contribution in [3.63, 3.8) is 0 Å². The van der Waals surface area contributed by atoms with Crippen LogP contribution in [0.5, 0.6) is 23.0 Å². The van der Waals surface area contributed by atoms with Crippen LogP contribution in [-0.2, 0) is 10.3 Å². The average molecular weight is 749 g/mol. The molecule has 0 saturated heterocycles. The van der Waals surface area contributed by atoms with E-state index in [4.69, 9.17) is 9.47 Å². The topological polar surface area (TPSA) is 94.0 Å². The number of isothiocyanates is 1. The molecule has 0 amide bonds. The summed E-state index contributed by atoms with van der Waals surface area (Å²) in [6, 6.07) is 8.05. The van der Waals surface area contributed by atoms with E-state index >= 15 is 0 Å². The zero-order valence-corrected chi connectivity index (χ0v) is 28.5. The van der Waals surface area contributed by atoms with Gasteiger partial charge in [0.1, 0.15) is 11.5 Å². The van der Waals surface area contributed by atoms with E-state index in [0.717, 1.165) is 0 Å². The molecule has 5 rings (SSSR count). The number of hydrogen-bond acceptors (Lipinski definition) is 7. The minimum atomic E-state index is -1.48. The molecule has 2 heterocycles. The monoisotopic (exact) mass is 745 g/mol. The van der Waals surface area contributed by atoms with Gasteiger partial charge < -0.3 is 19.7 Å². The number of benzene rings is 3. The number of carbonyl (C=O) groups excluding carboxylic acids is 1. The van der Waals surface area contributed by atoms with E-state index in [9.17, 15) is 15.0 Å². The Morgan fingerprint density at radius 3 is 1.91 bits per heavy atom.